The van der Waals surface area contributed by atoms with Crippen molar-refractivity contribution in [2.75, 3.05) is 45.3 Å². The predicted octanol–water partition coefficient (Wildman–Crippen LogP) is 3.74. The summed E-state index contributed by atoms with van der Waals surface area (Å²) in [6.07, 6.45) is 3.25. The Morgan fingerprint density at radius 3 is 2.47 bits per heavy atom. The van der Waals surface area contributed by atoms with Crippen LogP contribution in [0, 0.1) is 10.1 Å². The third-order valence-electron chi connectivity index (χ3n) is 4.91. The van der Waals surface area contributed by atoms with Crippen molar-refractivity contribution in [3.63, 3.8) is 0 Å². The summed E-state index contributed by atoms with van der Waals surface area (Å²) in [6.45, 7) is 1.96. The number of hydrogen-bond acceptors (Lipinski definition) is 6. The number of nitro groups is 1. The van der Waals surface area contributed by atoms with Crippen LogP contribution >= 0.6 is 15.9 Å². The van der Waals surface area contributed by atoms with Gasteiger partial charge in [0.05, 0.1) is 25.2 Å². The molecule has 0 aromatic heterocycles. The van der Waals surface area contributed by atoms with Gasteiger partial charge in [0.2, 0.25) is 5.91 Å². The quantitative estimate of drug-likeness (QED) is 0.359. The highest BCUT2D eigenvalue weighted by molar-refractivity contribution is 9.10. The highest BCUT2D eigenvalue weighted by Gasteiger charge is 2.25. The van der Waals surface area contributed by atoms with Gasteiger partial charge in [-0.2, -0.15) is 0 Å². The summed E-state index contributed by atoms with van der Waals surface area (Å²) in [5.41, 5.74) is 1.32. The molecule has 2 aromatic carbocycles. The van der Waals surface area contributed by atoms with Crippen molar-refractivity contribution in [3.8, 4) is 11.5 Å². The van der Waals surface area contributed by atoms with Crippen LogP contribution in [0.3, 0.4) is 0 Å². The molecule has 1 amide bonds. The standard InChI is InChI=1S/C21H22BrN3O5/c1-29-17-5-6-18(19(14-17)25(27)28)23-9-11-24(12-10-23)21(26)8-3-15-13-16(22)4-7-20(15)30-2/h3-8,13-14H,9-12H2,1-2H3. The molecule has 0 bridgehead atoms. The van der Waals surface area contributed by atoms with Gasteiger partial charge in [-0.15, -0.1) is 0 Å². The van der Waals surface area contributed by atoms with E-state index in [4.69, 9.17) is 9.47 Å². The Balaban J connectivity index is 1.67. The van der Waals surface area contributed by atoms with Crippen LogP contribution in [-0.4, -0.2) is 56.1 Å². The lowest BCUT2D eigenvalue weighted by molar-refractivity contribution is -0.384. The van der Waals surface area contributed by atoms with Crippen LogP contribution in [0.5, 0.6) is 11.5 Å². The van der Waals surface area contributed by atoms with E-state index in [-0.39, 0.29) is 11.6 Å². The van der Waals surface area contributed by atoms with Crippen LogP contribution in [0.2, 0.25) is 0 Å². The van der Waals surface area contributed by atoms with Gasteiger partial charge in [0.1, 0.15) is 17.2 Å². The fraction of sp³-hybridized carbons (Fsp3) is 0.286. The second-order valence-electron chi connectivity index (χ2n) is 6.64. The van der Waals surface area contributed by atoms with E-state index in [0.29, 0.717) is 43.4 Å². The van der Waals surface area contributed by atoms with E-state index in [2.05, 4.69) is 15.9 Å². The number of hydrogen-bond donors (Lipinski definition) is 0. The average molecular weight is 476 g/mol. The number of rotatable bonds is 6. The summed E-state index contributed by atoms with van der Waals surface area (Å²) >= 11 is 3.42. The van der Waals surface area contributed by atoms with E-state index in [1.54, 1.807) is 30.2 Å². The van der Waals surface area contributed by atoms with Gasteiger partial charge in [-0.3, -0.25) is 14.9 Å². The van der Waals surface area contributed by atoms with Crippen molar-refractivity contribution in [1.29, 1.82) is 0 Å². The first-order chi connectivity index (χ1) is 14.4. The van der Waals surface area contributed by atoms with Crippen molar-refractivity contribution >= 4 is 39.3 Å². The van der Waals surface area contributed by atoms with Gasteiger partial charge in [0.15, 0.2) is 0 Å². The first kappa shape index (κ1) is 21.6. The zero-order chi connectivity index (χ0) is 21.7. The van der Waals surface area contributed by atoms with Gasteiger partial charge in [-0.25, -0.2) is 0 Å². The van der Waals surface area contributed by atoms with Crippen molar-refractivity contribution in [2.45, 2.75) is 0 Å². The molecule has 0 radical (unpaired) electrons. The van der Waals surface area contributed by atoms with Crippen LogP contribution < -0.4 is 14.4 Å². The van der Waals surface area contributed by atoms with E-state index in [1.807, 2.05) is 23.1 Å². The highest BCUT2D eigenvalue weighted by atomic mass is 79.9. The second-order valence-corrected chi connectivity index (χ2v) is 7.56. The number of carbonyl (C=O) groups excluding carboxylic acids is 1. The number of nitrogens with zero attached hydrogens (tertiary/aromatic N) is 3. The van der Waals surface area contributed by atoms with Crippen molar-refractivity contribution < 1.29 is 19.2 Å². The van der Waals surface area contributed by atoms with E-state index in [9.17, 15) is 14.9 Å². The molecule has 9 heteroatoms. The molecule has 3 rings (SSSR count). The molecule has 0 saturated carbocycles. The normalized spacial score (nSPS) is 14.1. The Labute approximate surface area is 183 Å². The summed E-state index contributed by atoms with van der Waals surface area (Å²) in [7, 11) is 3.06. The molecule has 1 aliphatic rings. The number of methoxy groups -OCH3 is 2. The lowest BCUT2D eigenvalue weighted by Gasteiger charge is -2.35. The summed E-state index contributed by atoms with van der Waals surface area (Å²) in [5.74, 6) is 1.01. The molecule has 1 saturated heterocycles. The largest absolute Gasteiger partial charge is 0.496 e. The van der Waals surface area contributed by atoms with Crippen LogP contribution in [0.15, 0.2) is 46.9 Å². The fourth-order valence-corrected chi connectivity index (χ4v) is 3.69. The molecular formula is C21H22BrN3O5. The number of carbonyl (C=O) groups is 1. The predicted molar refractivity (Wildman–Crippen MR) is 118 cm³/mol. The molecule has 1 fully saturated rings. The lowest BCUT2D eigenvalue weighted by atomic mass is 10.1. The van der Waals surface area contributed by atoms with Gasteiger partial charge >= 0.3 is 0 Å². The molecule has 0 atom stereocenters. The monoisotopic (exact) mass is 475 g/mol. The summed E-state index contributed by atoms with van der Waals surface area (Å²) in [5, 5.41) is 11.4. The molecule has 8 nitrogen and oxygen atoms in total. The van der Waals surface area contributed by atoms with Gasteiger partial charge in [0.25, 0.3) is 5.69 Å². The number of halogens is 1. The Hall–Kier alpha value is -3.07. The summed E-state index contributed by atoms with van der Waals surface area (Å²) in [6, 6.07) is 10.4. The molecule has 0 unspecified atom stereocenters. The smallest absolute Gasteiger partial charge is 0.296 e. The first-order valence-corrected chi connectivity index (χ1v) is 10.1. The molecule has 0 aliphatic carbocycles. The van der Waals surface area contributed by atoms with Gasteiger partial charge in [-0.05, 0) is 36.4 Å². The van der Waals surface area contributed by atoms with Crippen molar-refractivity contribution in [1.82, 2.24) is 4.90 Å². The van der Waals surface area contributed by atoms with E-state index >= 15 is 0 Å². The molecule has 158 valence electrons. The summed E-state index contributed by atoms with van der Waals surface area (Å²) < 4.78 is 11.3. The van der Waals surface area contributed by atoms with Gasteiger partial charge < -0.3 is 19.3 Å². The van der Waals surface area contributed by atoms with Gasteiger partial charge in [0, 0.05) is 42.3 Å². The van der Waals surface area contributed by atoms with Crippen LogP contribution in [0.1, 0.15) is 5.56 Å². The number of piperazine rings is 1. The fourth-order valence-electron chi connectivity index (χ4n) is 3.31. The average Bonchev–Trinajstić information content (AvgIpc) is 2.77. The SMILES string of the molecule is COc1ccc(N2CCN(C(=O)C=Cc3cc(Br)ccc3OC)CC2)c([N+](=O)[O-])c1. The Morgan fingerprint density at radius 2 is 1.83 bits per heavy atom. The minimum atomic E-state index is -0.413. The molecule has 30 heavy (non-hydrogen) atoms. The number of ether oxygens (including phenoxy) is 2. The maximum atomic E-state index is 12.6. The highest BCUT2D eigenvalue weighted by Crippen LogP contribution is 2.32. The number of nitro benzene ring substituents is 1. The lowest BCUT2D eigenvalue weighted by Crippen LogP contribution is -2.48. The van der Waals surface area contributed by atoms with Crippen LogP contribution in [-0.2, 0) is 4.79 Å². The van der Waals surface area contributed by atoms with Crippen LogP contribution in [0.25, 0.3) is 6.08 Å². The molecule has 1 aliphatic heterocycles. The summed E-state index contributed by atoms with van der Waals surface area (Å²) in [4.78, 5) is 27.3. The molecule has 0 spiro atoms. The van der Waals surface area contributed by atoms with E-state index < -0.39 is 4.92 Å². The maximum Gasteiger partial charge on any atom is 0.296 e. The Morgan fingerprint density at radius 1 is 1.10 bits per heavy atom. The Kier molecular flexibility index (Phi) is 6.94. The molecule has 1 heterocycles. The number of amides is 1. The Bertz CT molecular complexity index is 971. The third kappa shape index (κ3) is 4.91. The number of benzene rings is 2. The topological polar surface area (TPSA) is 85.2 Å². The first-order valence-electron chi connectivity index (χ1n) is 9.31. The van der Waals surface area contributed by atoms with E-state index in [0.717, 1.165) is 10.0 Å². The zero-order valence-corrected chi connectivity index (χ0v) is 18.3. The zero-order valence-electron chi connectivity index (χ0n) is 16.7. The molecular weight excluding hydrogens is 454 g/mol. The molecule has 0 N–H and O–H groups in total. The minimum Gasteiger partial charge on any atom is -0.496 e. The second kappa shape index (κ2) is 9.62. The van der Waals surface area contributed by atoms with Crippen LogP contribution in [0.4, 0.5) is 11.4 Å². The van der Waals surface area contributed by atoms with Gasteiger partial charge in [-0.1, -0.05) is 15.9 Å². The van der Waals surface area contributed by atoms with Crippen molar-refractivity contribution in [3.05, 3.63) is 62.6 Å². The molecule has 2 aromatic rings. The van der Waals surface area contributed by atoms with Crippen molar-refractivity contribution in [2.24, 2.45) is 0 Å². The van der Waals surface area contributed by atoms with E-state index in [1.165, 1.54) is 19.3 Å². The maximum absolute atomic E-state index is 12.6. The minimum absolute atomic E-state index is 0.00391. The number of anilines is 1. The third-order valence-corrected chi connectivity index (χ3v) is 5.40.